The second kappa shape index (κ2) is 5.81. The highest BCUT2D eigenvalue weighted by Crippen LogP contribution is 2.40. The monoisotopic (exact) mass is 298 g/mol. The predicted molar refractivity (Wildman–Crippen MR) is 79.6 cm³/mol. The SMILES string of the molecule is COC(=O)C1=C(c2ccccc2)Oc2ccc(OC)cc2O1. The molecule has 5 nitrogen and oxygen atoms in total. The van der Waals surface area contributed by atoms with Crippen LogP contribution in [0.5, 0.6) is 17.2 Å². The molecule has 0 saturated heterocycles. The van der Waals surface area contributed by atoms with Crippen molar-refractivity contribution >= 4 is 11.7 Å². The van der Waals surface area contributed by atoms with Crippen LogP contribution in [-0.2, 0) is 9.53 Å². The summed E-state index contributed by atoms with van der Waals surface area (Å²) >= 11 is 0. The minimum atomic E-state index is -0.604. The summed E-state index contributed by atoms with van der Waals surface area (Å²) in [6.07, 6.45) is 0. The van der Waals surface area contributed by atoms with Crippen molar-refractivity contribution in [2.75, 3.05) is 14.2 Å². The number of fused-ring (bicyclic) bond motifs is 1. The van der Waals surface area contributed by atoms with Gasteiger partial charge in [0.15, 0.2) is 17.3 Å². The highest BCUT2D eigenvalue weighted by Gasteiger charge is 2.29. The van der Waals surface area contributed by atoms with E-state index in [0.717, 1.165) is 5.56 Å². The summed E-state index contributed by atoms with van der Waals surface area (Å²) in [5, 5.41) is 0. The van der Waals surface area contributed by atoms with Crippen molar-refractivity contribution in [1.82, 2.24) is 0 Å². The molecule has 112 valence electrons. The number of benzene rings is 2. The zero-order valence-corrected chi connectivity index (χ0v) is 12.2. The van der Waals surface area contributed by atoms with E-state index in [4.69, 9.17) is 18.9 Å². The Kier molecular flexibility index (Phi) is 3.70. The molecule has 1 aliphatic rings. The Morgan fingerprint density at radius 3 is 2.41 bits per heavy atom. The molecule has 22 heavy (non-hydrogen) atoms. The van der Waals surface area contributed by atoms with Crippen molar-refractivity contribution in [1.29, 1.82) is 0 Å². The van der Waals surface area contributed by atoms with Crippen LogP contribution < -0.4 is 14.2 Å². The van der Waals surface area contributed by atoms with Crippen LogP contribution >= 0.6 is 0 Å². The van der Waals surface area contributed by atoms with Crippen molar-refractivity contribution in [3.8, 4) is 17.2 Å². The fourth-order valence-electron chi connectivity index (χ4n) is 2.10. The average molecular weight is 298 g/mol. The Balaban J connectivity index is 2.08. The van der Waals surface area contributed by atoms with Crippen LogP contribution in [-0.4, -0.2) is 20.2 Å². The van der Waals surface area contributed by atoms with Crippen LogP contribution in [0, 0.1) is 0 Å². The number of hydrogen-bond donors (Lipinski definition) is 0. The number of ether oxygens (including phenoxy) is 4. The van der Waals surface area contributed by atoms with Gasteiger partial charge in [-0.2, -0.15) is 0 Å². The lowest BCUT2D eigenvalue weighted by atomic mass is 10.1. The molecule has 0 spiro atoms. The maximum Gasteiger partial charge on any atom is 0.378 e. The summed E-state index contributed by atoms with van der Waals surface area (Å²) in [7, 11) is 2.85. The topological polar surface area (TPSA) is 54.0 Å². The maximum absolute atomic E-state index is 12.0. The van der Waals surface area contributed by atoms with Crippen LogP contribution in [0.3, 0.4) is 0 Å². The standard InChI is InChI=1S/C17H14O5/c1-19-12-8-9-13-14(10-12)22-16(17(18)20-2)15(21-13)11-6-4-3-5-7-11/h3-10H,1-2H3. The molecule has 2 aromatic rings. The summed E-state index contributed by atoms with van der Waals surface area (Å²) in [6.45, 7) is 0. The molecule has 0 N–H and O–H groups in total. The summed E-state index contributed by atoms with van der Waals surface area (Å²) in [5.74, 6) is 1.24. The summed E-state index contributed by atoms with van der Waals surface area (Å²) in [4.78, 5) is 12.0. The summed E-state index contributed by atoms with van der Waals surface area (Å²) < 4.78 is 21.5. The molecular weight excluding hydrogens is 284 g/mol. The molecule has 1 aliphatic heterocycles. The van der Waals surface area contributed by atoms with E-state index in [1.54, 1.807) is 25.3 Å². The van der Waals surface area contributed by atoms with Gasteiger partial charge in [-0.1, -0.05) is 30.3 Å². The van der Waals surface area contributed by atoms with Crippen molar-refractivity contribution in [3.05, 3.63) is 59.9 Å². The minimum absolute atomic E-state index is 0.00875. The minimum Gasteiger partial charge on any atom is -0.497 e. The third kappa shape index (κ3) is 2.48. The number of esters is 1. The number of hydrogen-bond acceptors (Lipinski definition) is 5. The van der Waals surface area contributed by atoms with Crippen LogP contribution in [0.2, 0.25) is 0 Å². The van der Waals surface area contributed by atoms with E-state index in [1.807, 2.05) is 30.3 Å². The van der Waals surface area contributed by atoms with Crippen LogP contribution in [0.15, 0.2) is 54.3 Å². The zero-order valence-electron chi connectivity index (χ0n) is 12.2. The first-order valence-corrected chi connectivity index (χ1v) is 6.64. The highest BCUT2D eigenvalue weighted by molar-refractivity contribution is 5.95. The lowest BCUT2D eigenvalue weighted by molar-refractivity contribution is -0.138. The Hall–Kier alpha value is -2.95. The van der Waals surface area contributed by atoms with Gasteiger partial charge in [0.25, 0.3) is 5.76 Å². The van der Waals surface area contributed by atoms with Gasteiger partial charge < -0.3 is 18.9 Å². The first-order chi connectivity index (χ1) is 10.7. The molecule has 0 radical (unpaired) electrons. The van der Waals surface area contributed by atoms with Gasteiger partial charge in [0, 0.05) is 11.6 Å². The Morgan fingerprint density at radius 1 is 0.955 bits per heavy atom. The summed E-state index contributed by atoms with van der Waals surface area (Å²) in [6, 6.07) is 14.4. The van der Waals surface area contributed by atoms with E-state index >= 15 is 0 Å². The van der Waals surface area contributed by atoms with Gasteiger partial charge in [-0.25, -0.2) is 4.79 Å². The third-order valence-electron chi connectivity index (χ3n) is 3.19. The smallest absolute Gasteiger partial charge is 0.378 e. The van der Waals surface area contributed by atoms with E-state index < -0.39 is 5.97 Å². The molecule has 0 aliphatic carbocycles. The van der Waals surface area contributed by atoms with E-state index in [0.29, 0.717) is 23.0 Å². The average Bonchev–Trinajstić information content (AvgIpc) is 2.60. The van der Waals surface area contributed by atoms with Gasteiger partial charge in [0.2, 0.25) is 0 Å². The molecule has 0 atom stereocenters. The number of carbonyl (C=O) groups excluding carboxylic acids is 1. The molecule has 3 rings (SSSR count). The predicted octanol–water partition coefficient (Wildman–Crippen LogP) is 3.01. The van der Waals surface area contributed by atoms with Gasteiger partial charge in [-0.3, -0.25) is 0 Å². The Labute approximate surface area is 127 Å². The lowest BCUT2D eigenvalue weighted by Crippen LogP contribution is -2.19. The molecule has 0 fully saturated rings. The van der Waals surface area contributed by atoms with Gasteiger partial charge in [0.05, 0.1) is 14.2 Å². The Bertz CT molecular complexity index is 734. The van der Waals surface area contributed by atoms with Crippen LogP contribution in [0.25, 0.3) is 5.76 Å². The van der Waals surface area contributed by atoms with E-state index in [9.17, 15) is 4.79 Å². The fraction of sp³-hybridized carbons (Fsp3) is 0.118. The summed E-state index contributed by atoms with van der Waals surface area (Å²) in [5.41, 5.74) is 0.726. The van der Waals surface area contributed by atoms with Gasteiger partial charge in [-0.15, -0.1) is 0 Å². The quantitative estimate of drug-likeness (QED) is 0.815. The highest BCUT2D eigenvalue weighted by atomic mass is 16.6. The largest absolute Gasteiger partial charge is 0.497 e. The number of carbonyl (C=O) groups is 1. The molecule has 0 bridgehead atoms. The molecule has 5 heteroatoms. The van der Waals surface area contributed by atoms with E-state index in [2.05, 4.69) is 0 Å². The first-order valence-electron chi connectivity index (χ1n) is 6.64. The normalized spacial score (nSPS) is 12.8. The molecule has 2 aromatic carbocycles. The third-order valence-corrected chi connectivity index (χ3v) is 3.19. The van der Waals surface area contributed by atoms with E-state index in [-0.39, 0.29) is 5.76 Å². The van der Waals surface area contributed by atoms with Gasteiger partial charge in [0.1, 0.15) is 5.75 Å². The zero-order chi connectivity index (χ0) is 15.5. The lowest BCUT2D eigenvalue weighted by Gasteiger charge is -2.22. The fourth-order valence-corrected chi connectivity index (χ4v) is 2.10. The maximum atomic E-state index is 12.0. The number of methoxy groups -OCH3 is 2. The van der Waals surface area contributed by atoms with Gasteiger partial charge in [-0.05, 0) is 12.1 Å². The molecule has 0 saturated carbocycles. The van der Waals surface area contributed by atoms with Crippen LogP contribution in [0.4, 0.5) is 0 Å². The number of rotatable bonds is 3. The van der Waals surface area contributed by atoms with Crippen LogP contribution in [0.1, 0.15) is 5.56 Å². The van der Waals surface area contributed by atoms with Crippen molar-refractivity contribution in [2.24, 2.45) is 0 Å². The van der Waals surface area contributed by atoms with Crippen molar-refractivity contribution in [2.45, 2.75) is 0 Å². The molecule has 0 amide bonds. The molecule has 0 unspecified atom stereocenters. The molecule has 1 heterocycles. The van der Waals surface area contributed by atoms with Crippen molar-refractivity contribution in [3.63, 3.8) is 0 Å². The van der Waals surface area contributed by atoms with E-state index in [1.165, 1.54) is 7.11 Å². The van der Waals surface area contributed by atoms with Crippen molar-refractivity contribution < 1.29 is 23.7 Å². The molecular formula is C17H14O5. The van der Waals surface area contributed by atoms with Gasteiger partial charge >= 0.3 is 5.97 Å². The second-order valence-corrected chi connectivity index (χ2v) is 4.53. The first kappa shape index (κ1) is 14.0. The molecule has 0 aromatic heterocycles. The second-order valence-electron chi connectivity index (χ2n) is 4.53. The Morgan fingerprint density at radius 2 is 1.73 bits per heavy atom.